The van der Waals surface area contributed by atoms with Crippen molar-refractivity contribution < 1.29 is 40.0 Å². The van der Waals surface area contributed by atoms with Crippen LogP contribution >= 0.6 is 11.8 Å². The topological polar surface area (TPSA) is 57.2 Å². The lowest BCUT2D eigenvalue weighted by atomic mass is 10.1. The first-order chi connectivity index (χ1) is 13.5. The van der Waals surface area contributed by atoms with Crippen LogP contribution in [0.3, 0.4) is 0 Å². The molecule has 0 bridgehead atoms. The maximum Gasteiger partial charge on any atom is 0.446 e. The van der Waals surface area contributed by atoms with Crippen LogP contribution in [-0.4, -0.2) is 20.5 Å². The minimum absolute atomic E-state index is 0.0801. The largest absolute Gasteiger partial charge is 0.446 e. The van der Waals surface area contributed by atoms with Crippen LogP contribution in [0.5, 0.6) is 0 Å². The molecule has 0 aliphatic heterocycles. The van der Waals surface area contributed by atoms with Gasteiger partial charge in [0.15, 0.2) is 11.8 Å². The quantitative estimate of drug-likeness (QED) is 0.392. The van der Waals surface area contributed by atoms with Crippen LogP contribution in [0, 0.1) is 0 Å². The highest BCUT2D eigenvalue weighted by Crippen LogP contribution is 2.38. The minimum atomic E-state index is -4.61. The Morgan fingerprint density at radius 2 is 1.90 bits per heavy atom. The Hall–Kier alpha value is -2.08. The Morgan fingerprint density at radius 3 is 2.52 bits per heavy atom. The van der Waals surface area contributed by atoms with Gasteiger partial charge in [-0.3, -0.25) is 4.21 Å². The summed E-state index contributed by atoms with van der Waals surface area (Å²) < 4.78 is 94.2. The second kappa shape index (κ2) is 7.98. The Kier molecular flexibility index (Phi) is 5.95. The minimum Gasteiger partial charge on any atom is -0.432 e. The third-order valence-electron chi connectivity index (χ3n) is 3.80. The van der Waals surface area contributed by atoms with Crippen LogP contribution in [0.2, 0.25) is 0 Å². The van der Waals surface area contributed by atoms with E-state index in [-0.39, 0.29) is 56.4 Å². The lowest BCUT2D eigenvalue weighted by Gasteiger charge is -2.07. The molecule has 0 saturated carbocycles. The van der Waals surface area contributed by atoms with Crippen molar-refractivity contribution in [3.63, 3.8) is 0 Å². The van der Waals surface area contributed by atoms with Crippen LogP contribution in [0.15, 0.2) is 39.8 Å². The number of fused-ring (bicyclic) bond motifs is 1. The molecule has 1 aromatic carbocycles. The molecule has 0 aliphatic carbocycles. The van der Waals surface area contributed by atoms with Gasteiger partial charge in [0.05, 0.1) is 5.75 Å². The van der Waals surface area contributed by atoms with Crippen LogP contribution in [-0.2, 0) is 22.7 Å². The monoisotopic (exact) mass is 455 g/mol. The summed E-state index contributed by atoms with van der Waals surface area (Å²) in [5.41, 5.74) is -4.98. The number of aromatic nitrogens is 2. The number of halogens is 6. The first kappa shape index (κ1) is 21.6. The maximum absolute atomic E-state index is 13.0. The number of thioether (sulfide) groups is 1. The van der Waals surface area contributed by atoms with Crippen LogP contribution < -0.4 is 4.98 Å². The van der Waals surface area contributed by atoms with Crippen molar-refractivity contribution in [3.8, 4) is 11.6 Å². The number of H-pyrrole nitrogens is 1. The Labute approximate surface area is 167 Å². The maximum atomic E-state index is 13.0. The van der Waals surface area contributed by atoms with E-state index in [4.69, 9.17) is 4.42 Å². The summed E-state index contributed by atoms with van der Waals surface area (Å²) in [4.78, 5) is 6.47. The number of pyridine rings is 1. The highest BCUT2D eigenvalue weighted by Gasteiger charge is 2.35. The Morgan fingerprint density at radius 1 is 1.17 bits per heavy atom. The van der Waals surface area contributed by atoms with Gasteiger partial charge >= 0.3 is 11.7 Å². The highest BCUT2D eigenvalue weighted by atomic mass is 32.2. The highest BCUT2D eigenvalue weighted by molar-refractivity contribution is 8.00. The van der Waals surface area contributed by atoms with E-state index in [9.17, 15) is 30.6 Å². The Bertz CT molecular complexity index is 1060. The van der Waals surface area contributed by atoms with Crippen molar-refractivity contribution in [3.05, 3.63) is 41.6 Å². The van der Waals surface area contributed by atoms with Crippen molar-refractivity contribution >= 4 is 33.7 Å². The van der Waals surface area contributed by atoms with E-state index in [1.807, 2.05) is 0 Å². The first-order valence-corrected chi connectivity index (χ1v) is 10.4. The van der Waals surface area contributed by atoms with E-state index in [1.54, 1.807) is 6.92 Å². The molecule has 2 aromatic heterocycles. The van der Waals surface area contributed by atoms with E-state index in [0.717, 1.165) is 12.3 Å². The molecule has 0 radical (unpaired) electrons. The molecule has 1 atom stereocenters. The number of alkyl halides is 6. The van der Waals surface area contributed by atoms with Gasteiger partial charge in [-0.15, -0.1) is 0 Å². The van der Waals surface area contributed by atoms with Crippen molar-refractivity contribution in [1.82, 2.24) is 4.98 Å². The molecule has 2 heterocycles. The van der Waals surface area contributed by atoms with E-state index < -0.39 is 28.0 Å². The third-order valence-corrected chi connectivity index (χ3v) is 5.79. The molecule has 3 aromatic rings. The van der Waals surface area contributed by atoms with Crippen LogP contribution in [0.1, 0.15) is 18.1 Å². The van der Waals surface area contributed by atoms with E-state index in [1.165, 1.54) is 18.2 Å². The predicted molar refractivity (Wildman–Crippen MR) is 95.3 cm³/mol. The van der Waals surface area contributed by atoms with Gasteiger partial charge in [-0.1, -0.05) is 6.92 Å². The second-order valence-electron chi connectivity index (χ2n) is 5.86. The molecule has 0 aliphatic rings. The zero-order valence-corrected chi connectivity index (χ0v) is 16.3. The van der Waals surface area contributed by atoms with Gasteiger partial charge in [0.1, 0.15) is 11.1 Å². The number of benzene rings is 1. The van der Waals surface area contributed by atoms with Gasteiger partial charge in [0.2, 0.25) is 0 Å². The van der Waals surface area contributed by atoms with Gasteiger partial charge in [-0.05, 0) is 36.0 Å². The standard InChI is InChI=1S/C17H12F6N2O2S2/c1-2-29(26)8-9-5-10(16(18,19)20)7-24-14(9)15-25-12-6-11(28-17(21,22)23)3-4-13(12)27-15/h3-7H,2,8H2,1H3/p+1. The molecular formula is C17H13F6N2O2S2+. The molecule has 3 rings (SSSR count). The van der Waals surface area contributed by atoms with Gasteiger partial charge in [-0.25, -0.2) is 9.97 Å². The second-order valence-corrected chi connectivity index (χ2v) is 8.74. The molecule has 156 valence electrons. The molecule has 0 saturated heterocycles. The van der Waals surface area contributed by atoms with Gasteiger partial charge < -0.3 is 4.42 Å². The third kappa shape index (κ3) is 5.30. The smallest absolute Gasteiger partial charge is 0.432 e. The number of hydrogen-bond acceptors (Lipinski definition) is 4. The fourth-order valence-electron chi connectivity index (χ4n) is 2.51. The summed E-state index contributed by atoms with van der Waals surface area (Å²) in [6.07, 6.45) is -3.88. The molecule has 29 heavy (non-hydrogen) atoms. The average Bonchev–Trinajstić information content (AvgIpc) is 3.02. The van der Waals surface area contributed by atoms with Gasteiger partial charge in [-0.2, -0.15) is 26.3 Å². The fourth-order valence-corrected chi connectivity index (χ4v) is 3.86. The number of hydrogen-bond donors (Lipinski definition) is 0. The van der Waals surface area contributed by atoms with Gasteiger partial charge in [0.25, 0.3) is 11.6 Å². The number of oxazole rings is 1. The number of rotatable bonds is 5. The molecular weight excluding hydrogens is 442 g/mol. The normalized spacial score (nSPS) is 13.8. The molecule has 0 amide bonds. The zero-order chi connectivity index (χ0) is 21.4. The first-order valence-electron chi connectivity index (χ1n) is 8.10. The number of nitrogens with one attached hydrogen (secondary N) is 1. The van der Waals surface area contributed by atoms with E-state index in [0.29, 0.717) is 0 Å². The predicted octanol–water partition coefficient (Wildman–Crippen LogP) is 5.21. The van der Waals surface area contributed by atoms with Crippen molar-refractivity contribution in [2.24, 2.45) is 0 Å². The fraction of sp³-hybridized carbons (Fsp3) is 0.294. The van der Waals surface area contributed by atoms with Crippen molar-refractivity contribution in [2.75, 3.05) is 5.75 Å². The summed E-state index contributed by atoms with van der Waals surface area (Å²) in [7, 11) is -1.42. The van der Waals surface area contributed by atoms with Crippen LogP contribution in [0.4, 0.5) is 26.3 Å². The summed E-state index contributed by atoms with van der Waals surface area (Å²) in [6, 6.07) is 4.54. The Balaban J connectivity index is 2.06. The SMILES string of the molecule is CCS(=O)Cc1cc(C(F)(F)F)c[nH+]c1-c1nc2cc(SC(F)(F)F)ccc2o1. The molecule has 0 fully saturated rings. The molecule has 12 heteroatoms. The molecule has 1 N–H and O–H groups in total. The van der Waals surface area contributed by atoms with Crippen molar-refractivity contribution in [2.45, 2.75) is 29.3 Å². The summed E-state index contributed by atoms with van der Waals surface area (Å²) in [5.74, 6) is -0.0347. The molecule has 4 nitrogen and oxygen atoms in total. The van der Waals surface area contributed by atoms with E-state index in [2.05, 4.69) is 9.97 Å². The van der Waals surface area contributed by atoms with Crippen molar-refractivity contribution in [1.29, 1.82) is 0 Å². The summed E-state index contributed by atoms with van der Waals surface area (Å²) in [5, 5.41) is 0. The summed E-state index contributed by atoms with van der Waals surface area (Å²) >= 11 is -0.315. The zero-order valence-electron chi connectivity index (χ0n) is 14.6. The lowest BCUT2D eigenvalue weighted by molar-refractivity contribution is -0.370. The van der Waals surface area contributed by atoms with E-state index >= 15 is 0 Å². The molecule has 1 unspecified atom stereocenters. The van der Waals surface area contributed by atoms with Gasteiger partial charge in [0, 0.05) is 27.0 Å². The lowest BCUT2D eigenvalue weighted by Crippen LogP contribution is -2.18. The number of aromatic amines is 1. The summed E-state index contributed by atoms with van der Waals surface area (Å²) in [6.45, 7) is 1.63. The molecule has 0 spiro atoms. The average molecular weight is 455 g/mol. The van der Waals surface area contributed by atoms with Crippen LogP contribution in [0.25, 0.3) is 22.7 Å². The number of nitrogens with zero attached hydrogens (tertiary/aromatic N) is 1.